The highest BCUT2D eigenvalue weighted by Gasteiger charge is 2.30. The molecule has 0 fully saturated rings. The number of thiophene rings is 1. The monoisotopic (exact) mass is 381 g/mol. The average molecular weight is 381 g/mol. The highest BCUT2D eigenvalue weighted by atomic mass is 32.1. The van der Waals surface area contributed by atoms with Crippen molar-refractivity contribution in [3.05, 3.63) is 46.3 Å². The first-order chi connectivity index (χ1) is 12.7. The minimum Gasteiger partial charge on any atom is -0.337 e. The van der Waals surface area contributed by atoms with Crippen LogP contribution >= 0.6 is 11.3 Å². The van der Waals surface area contributed by atoms with Gasteiger partial charge in [0.25, 0.3) is 5.91 Å². The predicted octanol–water partition coefficient (Wildman–Crippen LogP) is 1.72. The normalized spacial score (nSPS) is 14.9. The van der Waals surface area contributed by atoms with Crippen molar-refractivity contribution in [3.63, 3.8) is 0 Å². The largest absolute Gasteiger partial charge is 0.337 e. The van der Waals surface area contributed by atoms with Crippen LogP contribution in [0.4, 0.5) is 5.69 Å². The highest BCUT2D eigenvalue weighted by molar-refractivity contribution is 7.21. The molecule has 1 aromatic carbocycles. The van der Waals surface area contributed by atoms with Gasteiger partial charge in [-0.05, 0) is 67.8 Å². The number of nitrogens with one attached hydrogen (secondary N) is 2. The van der Waals surface area contributed by atoms with Gasteiger partial charge in [-0.25, -0.2) is 0 Å². The van der Waals surface area contributed by atoms with Crippen LogP contribution in [0.2, 0.25) is 0 Å². The number of fused-ring (bicyclic) bond motifs is 1. The number of amides is 2. The lowest BCUT2D eigenvalue weighted by molar-refractivity contribution is -0.120. The van der Waals surface area contributed by atoms with E-state index < -0.39 is 5.54 Å². The van der Waals surface area contributed by atoms with Crippen LogP contribution in [0, 0.1) is 0 Å². The molecular formula is C20H24BN3O2S. The summed E-state index contributed by atoms with van der Waals surface area (Å²) in [6.45, 7) is 5.44. The molecule has 1 aliphatic rings. The van der Waals surface area contributed by atoms with Gasteiger partial charge in [0.2, 0.25) is 5.91 Å². The van der Waals surface area contributed by atoms with Crippen LogP contribution in [0.5, 0.6) is 0 Å². The van der Waals surface area contributed by atoms with Gasteiger partial charge in [0.1, 0.15) is 13.4 Å². The SMILES string of the molecule is [B]c1ccc(C(=O)NC(C)(C)C(=O)Nc2ccc3c(c2)CCN(C)CC3)s1. The number of hydrogen-bond donors (Lipinski definition) is 2. The third-order valence-corrected chi connectivity index (χ3v) is 5.75. The van der Waals surface area contributed by atoms with Crippen molar-refractivity contribution in [2.45, 2.75) is 32.2 Å². The molecule has 0 atom stereocenters. The summed E-state index contributed by atoms with van der Waals surface area (Å²) < 4.78 is 0.568. The van der Waals surface area contributed by atoms with Crippen LogP contribution in [0.1, 0.15) is 34.6 Å². The molecule has 7 heteroatoms. The van der Waals surface area contributed by atoms with Gasteiger partial charge < -0.3 is 15.5 Å². The van der Waals surface area contributed by atoms with E-state index in [9.17, 15) is 9.59 Å². The Kier molecular flexibility index (Phi) is 5.72. The molecule has 2 N–H and O–H groups in total. The van der Waals surface area contributed by atoms with E-state index in [-0.39, 0.29) is 11.8 Å². The van der Waals surface area contributed by atoms with Crippen molar-refractivity contribution in [2.75, 3.05) is 25.5 Å². The fraction of sp³-hybridized carbons (Fsp3) is 0.400. The summed E-state index contributed by atoms with van der Waals surface area (Å²) in [4.78, 5) is 27.9. The zero-order valence-electron chi connectivity index (χ0n) is 16.0. The molecule has 0 aliphatic carbocycles. The van der Waals surface area contributed by atoms with E-state index in [1.165, 1.54) is 22.5 Å². The van der Waals surface area contributed by atoms with Gasteiger partial charge in [-0.3, -0.25) is 9.59 Å². The maximum Gasteiger partial charge on any atom is 0.262 e. The molecule has 2 amide bonds. The second-order valence-corrected chi connectivity index (χ2v) is 8.64. The molecule has 140 valence electrons. The Labute approximate surface area is 165 Å². The lowest BCUT2D eigenvalue weighted by Gasteiger charge is -2.25. The lowest BCUT2D eigenvalue weighted by atomic mass is 10.0. The molecule has 2 radical (unpaired) electrons. The van der Waals surface area contributed by atoms with Crippen LogP contribution in [0.15, 0.2) is 30.3 Å². The van der Waals surface area contributed by atoms with Gasteiger partial charge in [-0.2, -0.15) is 0 Å². The van der Waals surface area contributed by atoms with Crippen LogP contribution < -0.4 is 15.4 Å². The molecule has 1 aliphatic heterocycles. The quantitative estimate of drug-likeness (QED) is 0.793. The topological polar surface area (TPSA) is 61.4 Å². The molecule has 0 saturated heterocycles. The molecule has 2 aromatic rings. The number of carbonyl (C=O) groups is 2. The summed E-state index contributed by atoms with van der Waals surface area (Å²) >= 11 is 1.20. The van der Waals surface area contributed by atoms with E-state index in [0.717, 1.165) is 31.6 Å². The smallest absolute Gasteiger partial charge is 0.262 e. The Hall–Kier alpha value is -2.12. The minimum absolute atomic E-state index is 0.258. The van der Waals surface area contributed by atoms with Crippen molar-refractivity contribution in [2.24, 2.45) is 0 Å². The summed E-state index contributed by atoms with van der Waals surface area (Å²) in [6.07, 6.45) is 1.99. The maximum absolute atomic E-state index is 12.7. The fourth-order valence-electron chi connectivity index (χ4n) is 3.08. The summed E-state index contributed by atoms with van der Waals surface area (Å²) in [5.41, 5.74) is 2.31. The summed E-state index contributed by atoms with van der Waals surface area (Å²) in [5, 5.41) is 5.72. The van der Waals surface area contributed by atoms with E-state index in [0.29, 0.717) is 9.65 Å². The fourth-order valence-corrected chi connectivity index (χ4v) is 3.75. The standard InChI is InChI=1S/C20H24BN3O2S/c1-20(2,23-18(25)16-6-7-17(21)27-16)19(26)22-15-5-4-13-8-10-24(3)11-9-14(13)12-15/h4-7,12H,8-11H2,1-3H3,(H,22,26)(H,23,25). The van der Waals surface area contributed by atoms with Crippen molar-refractivity contribution in [3.8, 4) is 0 Å². The van der Waals surface area contributed by atoms with Crippen molar-refractivity contribution in [1.29, 1.82) is 0 Å². The molecule has 0 spiro atoms. The molecule has 5 nitrogen and oxygen atoms in total. The summed E-state index contributed by atoms with van der Waals surface area (Å²) in [7, 11) is 7.80. The molecule has 0 bridgehead atoms. The van der Waals surface area contributed by atoms with Gasteiger partial charge >= 0.3 is 0 Å². The third kappa shape index (κ3) is 4.79. The first-order valence-corrected chi connectivity index (χ1v) is 9.86. The summed E-state index contributed by atoms with van der Waals surface area (Å²) in [6, 6.07) is 9.40. The number of rotatable bonds is 4. The first kappa shape index (κ1) is 19.6. The van der Waals surface area contributed by atoms with Gasteiger partial charge in [0.15, 0.2) is 0 Å². The van der Waals surface area contributed by atoms with Gasteiger partial charge in [0, 0.05) is 18.8 Å². The predicted molar refractivity (Wildman–Crippen MR) is 111 cm³/mol. The molecule has 1 aromatic heterocycles. The second kappa shape index (κ2) is 7.86. The number of benzene rings is 1. The molecular weight excluding hydrogens is 357 g/mol. The molecule has 27 heavy (non-hydrogen) atoms. The Morgan fingerprint density at radius 3 is 2.48 bits per heavy atom. The molecule has 2 heterocycles. The second-order valence-electron chi connectivity index (χ2n) is 7.52. The highest BCUT2D eigenvalue weighted by Crippen LogP contribution is 2.21. The molecule has 0 saturated carbocycles. The lowest BCUT2D eigenvalue weighted by Crippen LogP contribution is -2.52. The molecule has 3 rings (SSSR count). The Morgan fingerprint density at radius 1 is 1.11 bits per heavy atom. The first-order valence-electron chi connectivity index (χ1n) is 9.04. The third-order valence-electron chi connectivity index (χ3n) is 4.83. The number of nitrogens with zero attached hydrogens (tertiary/aromatic N) is 1. The Bertz CT molecular complexity index is 863. The zero-order chi connectivity index (χ0) is 19.6. The number of anilines is 1. The van der Waals surface area contributed by atoms with E-state index in [1.54, 1.807) is 26.0 Å². The van der Waals surface area contributed by atoms with Crippen LogP contribution in [-0.4, -0.2) is 50.2 Å². The number of likely N-dealkylation sites (N-methyl/N-ethyl adjacent to an activating group) is 1. The summed E-state index contributed by atoms with van der Waals surface area (Å²) in [5.74, 6) is -0.562. The van der Waals surface area contributed by atoms with E-state index >= 15 is 0 Å². The van der Waals surface area contributed by atoms with E-state index in [4.69, 9.17) is 7.85 Å². The van der Waals surface area contributed by atoms with Crippen molar-refractivity contribution >= 4 is 41.5 Å². The minimum atomic E-state index is -1.05. The van der Waals surface area contributed by atoms with Crippen LogP contribution in [0.25, 0.3) is 0 Å². The Balaban J connectivity index is 1.68. The van der Waals surface area contributed by atoms with E-state index in [1.807, 2.05) is 12.1 Å². The molecule has 0 unspecified atom stereocenters. The number of carbonyl (C=O) groups excluding carboxylic acids is 2. The van der Waals surface area contributed by atoms with Gasteiger partial charge in [-0.15, -0.1) is 11.3 Å². The van der Waals surface area contributed by atoms with Crippen LogP contribution in [-0.2, 0) is 17.6 Å². The van der Waals surface area contributed by atoms with Crippen molar-refractivity contribution in [1.82, 2.24) is 10.2 Å². The maximum atomic E-state index is 12.7. The average Bonchev–Trinajstić information content (AvgIpc) is 2.96. The van der Waals surface area contributed by atoms with Gasteiger partial charge in [-0.1, -0.05) is 12.1 Å². The number of hydrogen-bond acceptors (Lipinski definition) is 4. The van der Waals surface area contributed by atoms with Crippen LogP contribution in [0.3, 0.4) is 0 Å². The Morgan fingerprint density at radius 2 is 1.81 bits per heavy atom. The van der Waals surface area contributed by atoms with E-state index in [2.05, 4.69) is 28.6 Å². The zero-order valence-corrected chi connectivity index (χ0v) is 16.8. The van der Waals surface area contributed by atoms with Crippen molar-refractivity contribution < 1.29 is 9.59 Å². The van der Waals surface area contributed by atoms with Gasteiger partial charge in [0.05, 0.1) is 4.88 Å².